The predicted molar refractivity (Wildman–Crippen MR) is 129 cm³/mol. The molecule has 0 unspecified atom stereocenters. The summed E-state index contributed by atoms with van der Waals surface area (Å²) in [6.45, 7) is 6.24. The minimum absolute atomic E-state index is 0.125. The van der Waals surface area contributed by atoms with E-state index in [9.17, 15) is 10.2 Å². The number of nitrogens with zero attached hydrogens (tertiary/aromatic N) is 3. The van der Waals surface area contributed by atoms with E-state index >= 15 is 0 Å². The first-order chi connectivity index (χ1) is 15.1. The number of aliphatic hydroxyl groups is 2. The highest BCUT2D eigenvalue weighted by Crippen LogP contribution is 2.68. The summed E-state index contributed by atoms with van der Waals surface area (Å²) in [4.78, 5) is 6.38. The van der Waals surface area contributed by atoms with Gasteiger partial charge in [0.2, 0.25) is 5.96 Å². The molecule has 8 atom stereocenters. The highest BCUT2D eigenvalue weighted by molar-refractivity contribution is 5.78. The first-order valence-corrected chi connectivity index (χ1v) is 12.7. The Kier molecular flexibility index (Phi) is 6.65. The summed E-state index contributed by atoms with van der Waals surface area (Å²) in [7, 11) is 4.02. The van der Waals surface area contributed by atoms with Crippen molar-refractivity contribution in [2.75, 3.05) is 27.2 Å². The minimum atomic E-state index is -0.623. The smallest absolute Gasteiger partial charge is 0.209 e. The normalized spacial score (nSPS) is 46.7. The van der Waals surface area contributed by atoms with Crippen LogP contribution in [0.15, 0.2) is 10.1 Å². The molecule has 0 saturated heterocycles. The lowest BCUT2D eigenvalue weighted by Gasteiger charge is -2.63. The number of aliphatic hydroxyl groups excluding tert-OH is 1. The number of aliphatic imine (C=N–C) groups is 1. The van der Waals surface area contributed by atoms with Gasteiger partial charge < -0.3 is 20.8 Å². The van der Waals surface area contributed by atoms with Gasteiger partial charge in [0.05, 0.1) is 18.2 Å². The van der Waals surface area contributed by atoms with Crippen LogP contribution >= 0.6 is 0 Å². The highest BCUT2D eigenvalue weighted by Gasteiger charge is 2.66. The number of likely N-dealkylation sites (N-methyl/N-ethyl adjacent to an activating group) is 1. The topological polar surface area (TPSA) is 106 Å². The number of rotatable bonds is 5. The van der Waals surface area contributed by atoms with Crippen LogP contribution in [-0.4, -0.2) is 66.2 Å². The molecule has 7 nitrogen and oxygen atoms in total. The van der Waals surface area contributed by atoms with Gasteiger partial charge in [-0.05, 0) is 95.1 Å². The second-order valence-corrected chi connectivity index (χ2v) is 11.9. The van der Waals surface area contributed by atoms with E-state index in [1.807, 2.05) is 20.3 Å². The van der Waals surface area contributed by atoms with Crippen molar-refractivity contribution in [1.29, 1.82) is 0 Å². The third-order valence-electron chi connectivity index (χ3n) is 10.2. The van der Waals surface area contributed by atoms with Crippen molar-refractivity contribution in [3.8, 4) is 0 Å². The standard InChI is InChI=1S/C25H45N5O2/c1-23-10-8-19(31)15-17(23)5-6-21-20(23)9-11-24(2)18(7-12-25(21,24)32)16-28-29-22(26)27-13-14-30(3)4/h16-21,31-32H,5-15H2,1-4H3,(H3,26,27,29)/b28-16+/t17-,18-,19+,20+,21-,23+,24-,25+/m1/s1. The van der Waals surface area contributed by atoms with Crippen LogP contribution in [0.25, 0.3) is 0 Å². The van der Waals surface area contributed by atoms with E-state index in [0.29, 0.717) is 30.3 Å². The van der Waals surface area contributed by atoms with Crippen LogP contribution in [0.2, 0.25) is 0 Å². The van der Waals surface area contributed by atoms with Gasteiger partial charge in [-0.25, -0.2) is 5.43 Å². The maximum absolute atomic E-state index is 12.2. The minimum Gasteiger partial charge on any atom is -0.393 e. The van der Waals surface area contributed by atoms with Gasteiger partial charge in [-0.2, -0.15) is 5.10 Å². The van der Waals surface area contributed by atoms with Crippen molar-refractivity contribution in [2.45, 2.75) is 83.3 Å². The molecular weight excluding hydrogens is 402 g/mol. The van der Waals surface area contributed by atoms with Gasteiger partial charge in [-0.1, -0.05) is 13.8 Å². The molecule has 0 aromatic rings. The lowest BCUT2D eigenvalue weighted by atomic mass is 9.43. The zero-order valence-electron chi connectivity index (χ0n) is 20.6. The van der Waals surface area contributed by atoms with E-state index in [0.717, 1.165) is 57.9 Å². The summed E-state index contributed by atoms with van der Waals surface area (Å²) in [6.07, 6.45) is 11.1. The Morgan fingerprint density at radius 3 is 2.62 bits per heavy atom. The van der Waals surface area contributed by atoms with Crippen LogP contribution < -0.4 is 11.2 Å². The molecule has 0 radical (unpaired) electrons. The molecule has 0 spiro atoms. The van der Waals surface area contributed by atoms with Gasteiger partial charge in [0.25, 0.3) is 0 Å². The van der Waals surface area contributed by atoms with Crippen molar-refractivity contribution >= 4 is 12.2 Å². The van der Waals surface area contributed by atoms with Crippen LogP contribution in [0.1, 0.15) is 71.6 Å². The van der Waals surface area contributed by atoms with Gasteiger partial charge in [-0.3, -0.25) is 4.99 Å². The Labute approximate surface area is 193 Å². The Bertz CT molecular complexity index is 742. The fourth-order valence-electron chi connectivity index (χ4n) is 8.08. The Morgan fingerprint density at radius 1 is 1.09 bits per heavy atom. The molecule has 0 heterocycles. The molecule has 4 fully saturated rings. The molecule has 0 aromatic heterocycles. The van der Waals surface area contributed by atoms with Crippen molar-refractivity contribution in [3.63, 3.8) is 0 Å². The fourth-order valence-corrected chi connectivity index (χ4v) is 8.08. The summed E-state index contributed by atoms with van der Waals surface area (Å²) in [5.41, 5.74) is 8.33. The molecule has 7 heteroatoms. The molecule has 0 aliphatic heterocycles. The monoisotopic (exact) mass is 447 g/mol. The maximum Gasteiger partial charge on any atom is 0.209 e. The number of nitrogens with one attached hydrogen (secondary N) is 1. The van der Waals surface area contributed by atoms with E-state index in [1.165, 1.54) is 6.42 Å². The maximum atomic E-state index is 12.2. The van der Waals surface area contributed by atoms with Gasteiger partial charge in [0.15, 0.2) is 0 Å². The van der Waals surface area contributed by atoms with E-state index in [4.69, 9.17) is 5.73 Å². The van der Waals surface area contributed by atoms with Gasteiger partial charge in [-0.15, -0.1) is 0 Å². The second kappa shape index (κ2) is 8.88. The molecule has 32 heavy (non-hydrogen) atoms. The van der Waals surface area contributed by atoms with Crippen LogP contribution in [-0.2, 0) is 0 Å². The summed E-state index contributed by atoms with van der Waals surface area (Å²) < 4.78 is 0. The molecule has 0 bridgehead atoms. The molecule has 0 aromatic carbocycles. The van der Waals surface area contributed by atoms with Crippen LogP contribution in [0, 0.1) is 34.5 Å². The molecule has 0 amide bonds. The third-order valence-corrected chi connectivity index (χ3v) is 10.2. The van der Waals surface area contributed by atoms with Crippen molar-refractivity contribution in [2.24, 2.45) is 50.3 Å². The van der Waals surface area contributed by atoms with Crippen LogP contribution in [0.5, 0.6) is 0 Å². The van der Waals surface area contributed by atoms with Gasteiger partial charge in [0, 0.05) is 24.1 Å². The molecule has 182 valence electrons. The first kappa shape index (κ1) is 24.0. The van der Waals surface area contributed by atoms with E-state index in [2.05, 4.69) is 34.3 Å². The van der Waals surface area contributed by atoms with E-state index < -0.39 is 5.60 Å². The average Bonchev–Trinajstić information content (AvgIpc) is 2.99. The Hall–Kier alpha value is -1.18. The van der Waals surface area contributed by atoms with Gasteiger partial charge >= 0.3 is 0 Å². The molecule has 5 N–H and O–H groups in total. The zero-order valence-corrected chi connectivity index (χ0v) is 20.6. The number of nitrogens with two attached hydrogens (primary N) is 1. The molecule has 4 rings (SSSR count). The molecule has 4 aliphatic rings. The van der Waals surface area contributed by atoms with Crippen molar-refractivity contribution in [1.82, 2.24) is 10.3 Å². The molecule has 4 saturated carbocycles. The van der Waals surface area contributed by atoms with Crippen LogP contribution in [0.3, 0.4) is 0 Å². The van der Waals surface area contributed by atoms with Crippen molar-refractivity contribution < 1.29 is 10.2 Å². The summed E-state index contributed by atoms with van der Waals surface area (Å²) in [5, 5.41) is 26.9. The number of hydrogen-bond acceptors (Lipinski definition) is 5. The molecule has 4 aliphatic carbocycles. The Morgan fingerprint density at radius 2 is 1.88 bits per heavy atom. The fraction of sp³-hybridized carbons (Fsp3) is 0.920. The third kappa shape index (κ3) is 3.98. The molecular formula is C25H45N5O2. The van der Waals surface area contributed by atoms with Crippen LogP contribution in [0.4, 0.5) is 0 Å². The number of guanidine groups is 1. The summed E-state index contributed by atoms with van der Waals surface area (Å²) in [5.74, 6) is 2.13. The van der Waals surface area contributed by atoms with Crippen molar-refractivity contribution in [3.05, 3.63) is 0 Å². The SMILES string of the molecule is CN(C)CCN=C(N)N/N=C/[C@H]1CC[C@]2(O)[C@@H]3CC[C@@H]4C[C@@H](O)CC[C@]4(C)[C@H]3CC[C@]12C. The lowest BCUT2D eigenvalue weighted by Crippen LogP contribution is -2.62. The largest absolute Gasteiger partial charge is 0.393 e. The quantitative estimate of drug-likeness (QED) is 0.294. The number of hydrazone groups is 1. The first-order valence-electron chi connectivity index (χ1n) is 12.7. The summed E-state index contributed by atoms with van der Waals surface area (Å²) >= 11 is 0. The van der Waals surface area contributed by atoms with Gasteiger partial charge in [0.1, 0.15) is 0 Å². The highest BCUT2D eigenvalue weighted by atomic mass is 16.3. The zero-order chi connectivity index (χ0) is 23.1. The Balaban J connectivity index is 1.44. The predicted octanol–water partition coefficient (Wildman–Crippen LogP) is 2.57. The number of fused-ring (bicyclic) bond motifs is 5. The summed E-state index contributed by atoms with van der Waals surface area (Å²) in [6, 6.07) is 0. The average molecular weight is 448 g/mol. The second-order valence-electron chi connectivity index (χ2n) is 11.9. The van der Waals surface area contributed by atoms with E-state index in [1.54, 1.807) is 0 Å². The lowest BCUT2D eigenvalue weighted by molar-refractivity contribution is -0.206. The number of hydrogen-bond donors (Lipinski definition) is 4. The van der Waals surface area contributed by atoms with E-state index in [-0.39, 0.29) is 22.9 Å².